The Morgan fingerprint density at radius 1 is 1.02 bits per heavy atom. The van der Waals surface area contributed by atoms with E-state index in [0.29, 0.717) is 68.2 Å². The van der Waals surface area contributed by atoms with Crippen LogP contribution >= 0.6 is 0 Å². The van der Waals surface area contributed by atoms with Crippen molar-refractivity contribution >= 4 is 28.6 Å². The number of fused-ring (bicyclic) bond motifs is 2. The molecule has 0 aliphatic carbocycles. The van der Waals surface area contributed by atoms with E-state index < -0.39 is 12.1 Å². The Morgan fingerprint density at radius 2 is 1.82 bits per heavy atom. The minimum atomic E-state index is -0.822. The molecule has 0 radical (unpaired) electrons. The first-order valence-electron chi connectivity index (χ1n) is 15.7. The summed E-state index contributed by atoms with van der Waals surface area (Å²) in [5.74, 6) is 0.621. The van der Waals surface area contributed by atoms with Crippen LogP contribution in [0, 0.1) is 12.8 Å². The number of H-pyrrole nitrogens is 2. The maximum Gasteiger partial charge on any atom is 0.255 e. The Balaban J connectivity index is 1.48. The van der Waals surface area contributed by atoms with Crippen LogP contribution in [0.2, 0.25) is 0 Å². The van der Waals surface area contributed by atoms with Crippen molar-refractivity contribution in [2.24, 2.45) is 5.92 Å². The number of carbonyl (C=O) groups is 3. The first kappa shape index (κ1) is 31.7. The van der Waals surface area contributed by atoms with Crippen molar-refractivity contribution in [2.75, 3.05) is 13.1 Å². The molecule has 12 heteroatoms. The number of para-hydroxylation sites is 1. The largest absolute Gasteiger partial charge is 0.361 e. The highest BCUT2D eigenvalue weighted by molar-refractivity contribution is 5.95. The van der Waals surface area contributed by atoms with Gasteiger partial charge in [-0.15, -0.1) is 0 Å². The van der Waals surface area contributed by atoms with Gasteiger partial charge in [0.1, 0.15) is 17.7 Å². The van der Waals surface area contributed by atoms with Crippen LogP contribution in [0.3, 0.4) is 0 Å². The van der Waals surface area contributed by atoms with Crippen LogP contribution < -0.4 is 16.2 Å². The van der Waals surface area contributed by atoms with Crippen LogP contribution in [0.1, 0.15) is 79.3 Å². The molecule has 1 aliphatic rings. The SMILES string of the molecule is CCc1[nH]c(=O)ccc1C(=O)N1CCCC(=O)N[C@H](Cc2c[nH]c3ccccc23)C(=O)N[C@@H](CC(C)C)c2nc(C)nn2CC1. The first-order valence-corrected chi connectivity index (χ1v) is 15.7. The minimum Gasteiger partial charge on any atom is -0.361 e. The number of carbonyl (C=O) groups excluding carboxylic acids is 3. The molecular formula is C33H42N8O4. The number of nitrogens with one attached hydrogen (secondary N) is 4. The molecule has 0 saturated heterocycles. The molecule has 4 heterocycles. The average molecular weight is 615 g/mol. The monoisotopic (exact) mass is 614 g/mol. The van der Waals surface area contributed by atoms with Gasteiger partial charge in [-0.3, -0.25) is 19.2 Å². The van der Waals surface area contributed by atoms with Gasteiger partial charge in [0.05, 0.1) is 18.2 Å². The molecule has 5 rings (SSSR count). The van der Waals surface area contributed by atoms with Crippen LogP contribution in [0.5, 0.6) is 0 Å². The summed E-state index contributed by atoms with van der Waals surface area (Å²) in [6, 6.07) is 9.50. The van der Waals surface area contributed by atoms with Gasteiger partial charge < -0.3 is 25.5 Å². The maximum absolute atomic E-state index is 13.9. The van der Waals surface area contributed by atoms with Gasteiger partial charge in [0.2, 0.25) is 17.4 Å². The van der Waals surface area contributed by atoms with E-state index in [9.17, 15) is 19.2 Å². The first-order chi connectivity index (χ1) is 21.6. The van der Waals surface area contributed by atoms with Crippen molar-refractivity contribution < 1.29 is 14.4 Å². The standard InChI is InChI=1S/C33H42N8O4/c1-5-25-24(12-13-30(43)36-25)33(45)40-14-8-11-29(42)37-28(18-22-19-34-26-10-7-6-9-23(22)26)32(44)38-27(17-20(2)3)31-35-21(4)39-41(31)16-15-40/h6-7,9-10,12-13,19-20,27-28,34H,5,8,11,14-18H2,1-4H3,(H,36,43)(H,37,42)(H,38,44)/t27-,28+/m0/s1. The molecule has 4 N–H and O–H groups in total. The molecule has 0 spiro atoms. The van der Waals surface area contributed by atoms with E-state index >= 15 is 0 Å². The van der Waals surface area contributed by atoms with Gasteiger partial charge >= 0.3 is 0 Å². The number of nitrogens with zero attached hydrogens (tertiary/aromatic N) is 4. The van der Waals surface area contributed by atoms with E-state index in [0.717, 1.165) is 16.5 Å². The van der Waals surface area contributed by atoms with Crippen LogP contribution in [0.4, 0.5) is 0 Å². The summed E-state index contributed by atoms with van der Waals surface area (Å²) < 4.78 is 1.77. The second-order valence-electron chi connectivity index (χ2n) is 12.1. The third kappa shape index (κ3) is 7.50. The fraction of sp³-hybridized carbons (Fsp3) is 0.455. The molecule has 3 amide bonds. The molecule has 0 saturated carbocycles. The van der Waals surface area contributed by atoms with Crippen molar-refractivity contribution in [3.8, 4) is 0 Å². The quantitative estimate of drug-likeness (QED) is 0.261. The van der Waals surface area contributed by atoms with Gasteiger partial charge in [0.15, 0.2) is 0 Å². The maximum atomic E-state index is 13.9. The van der Waals surface area contributed by atoms with Crippen molar-refractivity contribution in [1.29, 1.82) is 0 Å². The number of hydrogen-bond donors (Lipinski definition) is 4. The third-order valence-electron chi connectivity index (χ3n) is 8.18. The molecule has 238 valence electrons. The summed E-state index contributed by atoms with van der Waals surface area (Å²) in [6.07, 6.45) is 3.82. The average Bonchev–Trinajstić information content (AvgIpc) is 3.59. The number of benzene rings is 1. The molecular weight excluding hydrogens is 572 g/mol. The lowest BCUT2D eigenvalue weighted by atomic mass is 10.0. The second kappa shape index (κ2) is 13.9. The fourth-order valence-corrected chi connectivity index (χ4v) is 5.99. The highest BCUT2D eigenvalue weighted by Gasteiger charge is 2.29. The molecule has 1 aromatic carbocycles. The van der Waals surface area contributed by atoms with Crippen LogP contribution in [0.25, 0.3) is 10.9 Å². The third-order valence-corrected chi connectivity index (χ3v) is 8.18. The number of aryl methyl sites for hydroxylation is 2. The molecule has 3 aromatic heterocycles. The predicted molar refractivity (Wildman–Crippen MR) is 171 cm³/mol. The van der Waals surface area contributed by atoms with E-state index in [-0.39, 0.29) is 35.6 Å². The Hall–Kier alpha value is -4.74. The zero-order valence-electron chi connectivity index (χ0n) is 26.4. The van der Waals surface area contributed by atoms with Crippen molar-refractivity contribution in [2.45, 2.75) is 78.4 Å². The molecule has 2 atom stereocenters. The topological polar surface area (TPSA) is 158 Å². The zero-order chi connectivity index (χ0) is 32.1. The van der Waals surface area contributed by atoms with Gasteiger partial charge in [-0.2, -0.15) is 5.10 Å². The number of hydrogen-bond acceptors (Lipinski definition) is 6. The van der Waals surface area contributed by atoms with E-state index in [1.54, 1.807) is 22.6 Å². The molecule has 0 bridgehead atoms. The van der Waals surface area contributed by atoms with E-state index in [4.69, 9.17) is 4.98 Å². The summed E-state index contributed by atoms with van der Waals surface area (Å²) in [5.41, 5.74) is 2.63. The second-order valence-corrected chi connectivity index (χ2v) is 12.1. The summed E-state index contributed by atoms with van der Waals surface area (Å²) >= 11 is 0. The number of aromatic amines is 2. The number of amides is 3. The molecule has 0 fully saturated rings. The number of aromatic nitrogens is 5. The lowest BCUT2D eigenvalue weighted by Gasteiger charge is -2.27. The van der Waals surface area contributed by atoms with Crippen molar-refractivity contribution in [3.05, 3.63) is 81.4 Å². The Kier molecular flexibility index (Phi) is 9.80. The fourth-order valence-electron chi connectivity index (χ4n) is 5.99. The summed E-state index contributed by atoms with van der Waals surface area (Å²) in [4.78, 5) is 65.4. The van der Waals surface area contributed by atoms with Gasteiger partial charge in [-0.05, 0) is 49.8 Å². The molecule has 12 nitrogen and oxygen atoms in total. The Morgan fingerprint density at radius 3 is 2.60 bits per heavy atom. The van der Waals surface area contributed by atoms with Crippen LogP contribution in [-0.4, -0.2) is 66.5 Å². The normalized spacial score (nSPS) is 18.4. The minimum absolute atomic E-state index is 0.136. The van der Waals surface area contributed by atoms with Gasteiger partial charge in [0.25, 0.3) is 5.91 Å². The summed E-state index contributed by atoms with van der Waals surface area (Å²) in [6.45, 7) is 8.81. The van der Waals surface area contributed by atoms with Crippen molar-refractivity contribution in [3.63, 3.8) is 0 Å². The van der Waals surface area contributed by atoms with Crippen LogP contribution in [0.15, 0.2) is 47.4 Å². The summed E-state index contributed by atoms with van der Waals surface area (Å²) in [5, 5.41) is 11.8. The lowest BCUT2D eigenvalue weighted by molar-refractivity contribution is -0.129. The number of pyridine rings is 1. The van der Waals surface area contributed by atoms with Crippen molar-refractivity contribution in [1.82, 2.24) is 40.3 Å². The van der Waals surface area contributed by atoms with E-state index in [1.807, 2.05) is 37.4 Å². The Labute approximate surface area is 262 Å². The molecule has 4 aromatic rings. The molecule has 0 unspecified atom stereocenters. The van der Waals surface area contributed by atoms with E-state index in [1.165, 1.54) is 6.07 Å². The molecule has 1 aliphatic heterocycles. The Bertz CT molecular complexity index is 1740. The summed E-state index contributed by atoms with van der Waals surface area (Å²) in [7, 11) is 0. The smallest absolute Gasteiger partial charge is 0.255 e. The van der Waals surface area contributed by atoms with Crippen LogP contribution in [-0.2, 0) is 29.0 Å². The highest BCUT2D eigenvalue weighted by atomic mass is 16.2. The highest BCUT2D eigenvalue weighted by Crippen LogP contribution is 2.23. The zero-order valence-corrected chi connectivity index (χ0v) is 26.4. The lowest BCUT2D eigenvalue weighted by Crippen LogP contribution is -2.49. The van der Waals surface area contributed by atoms with Gasteiger partial charge in [-0.25, -0.2) is 9.67 Å². The van der Waals surface area contributed by atoms with E-state index in [2.05, 4.69) is 39.5 Å². The number of rotatable bonds is 6. The van der Waals surface area contributed by atoms with Gasteiger partial charge in [-0.1, -0.05) is 39.0 Å². The molecule has 45 heavy (non-hydrogen) atoms. The van der Waals surface area contributed by atoms with Gasteiger partial charge in [0, 0.05) is 54.8 Å². The predicted octanol–water partition coefficient (Wildman–Crippen LogP) is 3.19.